The smallest absolute Gasteiger partial charge is 0.331 e. The lowest BCUT2D eigenvalue weighted by Gasteiger charge is -2.69. The van der Waals surface area contributed by atoms with Crippen LogP contribution in [-0.4, -0.2) is 45.6 Å². The zero-order valence-corrected chi connectivity index (χ0v) is 23.8. The van der Waals surface area contributed by atoms with E-state index in [-0.39, 0.29) is 40.1 Å². The third kappa shape index (κ3) is 4.40. The first-order valence-electron chi connectivity index (χ1n) is 14.3. The van der Waals surface area contributed by atoms with E-state index in [0.29, 0.717) is 37.2 Å². The monoisotopic (exact) mass is 516 g/mol. The summed E-state index contributed by atoms with van der Waals surface area (Å²) in [5.41, 5.74) is 1.57. The quantitative estimate of drug-likeness (QED) is 0.247. The molecule has 0 aliphatic heterocycles. The second-order valence-corrected chi connectivity index (χ2v) is 13.6. The van der Waals surface area contributed by atoms with Crippen molar-refractivity contribution in [3.8, 4) is 0 Å². The summed E-state index contributed by atoms with van der Waals surface area (Å²) in [6, 6.07) is 0. The fourth-order valence-electron chi connectivity index (χ4n) is 9.79. The fraction of sp³-hybridized carbons (Fsp3) is 0.806. The van der Waals surface area contributed by atoms with E-state index < -0.39 is 24.1 Å². The van der Waals surface area contributed by atoms with Crippen LogP contribution in [0.5, 0.6) is 0 Å². The molecule has 0 amide bonds. The Morgan fingerprint density at radius 2 is 1.70 bits per heavy atom. The number of allylic oxidation sites excluding steroid dienone is 2. The molecule has 3 N–H and O–H groups in total. The van der Waals surface area contributed by atoms with Crippen molar-refractivity contribution in [1.29, 1.82) is 0 Å². The van der Waals surface area contributed by atoms with Gasteiger partial charge in [-0.3, -0.25) is 4.79 Å². The van der Waals surface area contributed by atoms with Crippen LogP contribution in [0.2, 0.25) is 0 Å². The molecule has 0 aromatic rings. The van der Waals surface area contributed by atoms with Crippen LogP contribution in [0.15, 0.2) is 22.8 Å². The van der Waals surface area contributed by atoms with E-state index in [9.17, 15) is 24.9 Å². The normalized spacial score (nSPS) is 46.2. The summed E-state index contributed by atoms with van der Waals surface area (Å²) >= 11 is 0. The summed E-state index contributed by atoms with van der Waals surface area (Å²) in [4.78, 5) is 24.8. The Morgan fingerprint density at radius 1 is 1.03 bits per heavy atom. The predicted molar refractivity (Wildman–Crippen MR) is 143 cm³/mol. The van der Waals surface area contributed by atoms with Gasteiger partial charge in [-0.1, -0.05) is 39.3 Å². The van der Waals surface area contributed by atoms with Crippen molar-refractivity contribution in [3.05, 3.63) is 22.8 Å². The zero-order chi connectivity index (χ0) is 27.5. The number of hydrogen-bond donors (Lipinski definition) is 3. The van der Waals surface area contributed by atoms with Crippen molar-refractivity contribution in [2.24, 2.45) is 39.9 Å². The molecule has 4 aliphatic rings. The topological polar surface area (TPSA) is 104 Å². The van der Waals surface area contributed by atoms with Gasteiger partial charge in [-0.2, -0.15) is 0 Å². The van der Waals surface area contributed by atoms with Gasteiger partial charge in [0.25, 0.3) is 0 Å². The van der Waals surface area contributed by atoms with Gasteiger partial charge in [0, 0.05) is 12.5 Å². The van der Waals surface area contributed by atoms with Crippen LogP contribution in [0.25, 0.3) is 0 Å². The maximum atomic E-state index is 12.6. The van der Waals surface area contributed by atoms with Crippen LogP contribution in [0.1, 0.15) is 99.8 Å². The van der Waals surface area contributed by atoms with Crippen LogP contribution in [-0.2, 0) is 14.3 Å². The molecule has 4 saturated carbocycles. The van der Waals surface area contributed by atoms with E-state index in [4.69, 9.17) is 4.74 Å². The number of esters is 1. The molecule has 208 valence electrons. The number of aliphatic hydroxyl groups is 2. The molecule has 0 saturated heterocycles. The first-order chi connectivity index (χ1) is 17.2. The summed E-state index contributed by atoms with van der Waals surface area (Å²) in [5.74, 6) is -0.909. The van der Waals surface area contributed by atoms with Gasteiger partial charge in [0.05, 0.1) is 12.2 Å². The molecule has 0 unspecified atom stereocenters. The molecule has 4 aliphatic carbocycles. The number of carbonyl (C=O) groups excluding carboxylic acids is 1. The molecule has 4 rings (SSSR count). The Morgan fingerprint density at radius 3 is 2.30 bits per heavy atom. The van der Waals surface area contributed by atoms with Crippen molar-refractivity contribution in [2.45, 2.75) is 118 Å². The number of aliphatic carboxylic acids is 1. The number of carboxylic acids is 1. The average molecular weight is 517 g/mol. The summed E-state index contributed by atoms with van der Waals surface area (Å²) in [6.07, 6.45) is 6.22. The van der Waals surface area contributed by atoms with Crippen LogP contribution < -0.4 is 0 Å². The first-order valence-corrected chi connectivity index (χ1v) is 14.3. The highest BCUT2D eigenvalue weighted by molar-refractivity contribution is 5.88. The molecule has 6 heteroatoms. The number of carboxylic acid groups (broad SMARTS) is 1. The molecule has 0 bridgehead atoms. The number of ether oxygens (including phenoxy) is 1. The van der Waals surface area contributed by atoms with Crippen molar-refractivity contribution in [3.63, 3.8) is 0 Å². The molecule has 0 heterocycles. The summed E-state index contributed by atoms with van der Waals surface area (Å²) in [7, 11) is 0. The maximum absolute atomic E-state index is 12.6. The van der Waals surface area contributed by atoms with Gasteiger partial charge < -0.3 is 20.1 Å². The lowest BCUT2D eigenvalue weighted by atomic mass is 9.36. The Bertz CT molecular complexity index is 994. The van der Waals surface area contributed by atoms with Gasteiger partial charge >= 0.3 is 11.9 Å². The first kappa shape index (κ1) is 28.4. The minimum absolute atomic E-state index is 0.0474. The molecular weight excluding hydrogens is 468 g/mol. The number of rotatable bonds is 5. The predicted octanol–water partition coefficient (Wildman–Crippen LogP) is 5.67. The van der Waals surface area contributed by atoms with Gasteiger partial charge in [-0.05, 0) is 111 Å². The molecule has 0 aromatic carbocycles. The van der Waals surface area contributed by atoms with Crippen molar-refractivity contribution < 1.29 is 29.6 Å². The highest BCUT2D eigenvalue weighted by atomic mass is 16.5. The largest absolute Gasteiger partial charge is 0.478 e. The van der Waals surface area contributed by atoms with Crippen LogP contribution in [0.3, 0.4) is 0 Å². The molecule has 0 radical (unpaired) electrons. The van der Waals surface area contributed by atoms with E-state index >= 15 is 0 Å². The van der Waals surface area contributed by atoms with Crippen LogP contribution in [0, 0.1) is 39.9 Å². The molecular formula is C31H48O6. The summed E-state index contributed by atoms with van der Waals surface area (Å²) in [6.45, 7) is 14.5. The lowest BCUT2D eigenvalue weighted by molar-refractivity contribution is -0.234. The fourth-order valence-corrected chi connectivity index (χ4v) is 9.79. The van der Waals surface area contributed by atoms with E-state index in [1.54, 1.807) is 0 Å². The molecule has 0 spiro atoms. The molecule has 4 fully saturated rings. The average Bonchev–Trinajstić information content (AvgIpc) is 3.05. The Kier molecular flexibility index (Phi) is 7.53. The van der Waals surface area contributed by atoms with Crippen LogP contribution >= 0.6 is 0 Å². The van der Waals surface area contributed by atoms with Crippen molar-refractivity contribution in [1.82, 2.24) is 0 Å². The summed E-state index contributed by atoms with van der Waals surface area (Å²) in [5, 5.41) is 32.9. The Balaban J connectivity index is 1.82. The van der Waals surface area contributed by atoms with E-state index in [1.165, 1.54) is 6.92 Å². The second kappa shape index (κ2) is 9.82. The standard InChI is InChI=1S/C31H48O6/c1-17(2)9-8-10-20(28(35)36)26-22-15-24(34)27-29(5)13-12-23(33)18(3)21(29)11-14-30(27,6)31(22,7)16-25(26)37-19(4)32/h9,18,21-25,27,33-34H,8,10-16H2,1-7H3,(H,35,36)/b26-20+/t18-,21-,22-,23+,24+,25-,27-,29-,30-,31-/m1/s1. The minimum atomic E-state index is -0.953. The van der Waals surface area contributed by atoms with Crippen LogP contribution in [0.4, 0.5) is 0 Å². The molecule has 0 aromatic heterocycles. The van der Waals surface area contributed by atoms with Crippen molar-refractivity contribution >= 4 is 11.9 Å². The lowest BCUT2D eigenvalue weighted by Crippen LogP contribution is -2.65. The van der Waals surface area contributed by atoms with Crippen molar-refractivity contribution in [2.75, 3.05) is 0 Å². The van der Waals surface area contributed by atoms with Gasteiger partial charge in [-0.25, -0.2) is 4.79 Å². The number of fused-ring (bicyclic) bond motifs is 5. The minimum Gasteiger partial charge on any atom is -0.478 e. The Labute approximate surface area is 222 Å². The van der Waals surface area contributed by atoms with Gasteiger partial charge in [0.15, 0.2) is 0 Å². The second-order valence-electron chi connectivity index (χ2n) is 13.6. The summed E-state index contributed by atoms with van der Waals surface area (Å²) < 4.78 is 5.87. The van der Waals surface area contributed by atoms with Gasteiger partial charge in [0.1, 0.15) is 6.10 Å². The van der Waals surface area contributed by atoms with Gasteiger partial charge in [0.2, 0.25) is 0 Å². The third-order valence-corrected chi connectivity index (χ3v) is 11.6. The van der Waals surface area contributed by atoms with E-state index in [1.807, 2.05) is 19.9 Å². The van der Waals surface area contributed by atoms with E-state index in [0.717, 1.165) is 36.8 Å². The maximum Gasteiger partial charge on any atom is 0.331 e. The molecule has 6 nitrogen and oxygen atoms in total. The highest BCUT2D eigenvalue weighted by Crippen LogP contribution is 2.74. The Hall–Kier alpha value is -1.66. The third-order valence-electron chi connectivity index (χ3n) is 11.6. The number of hydrogen-bond acceptors (Lipinski definition) is 5. The van der Waals surface area contributed by atoms with Gasteiger partial charge in [-0.15, -0.1) is 0 Å². The number of aliphatic hydroxyl groups excluding tert-OH is 2. The van der Waals surface area contributed by atoms with E-state index in [2.05, 4.69) is 27.7 Å². The molecule has 37 heavy (non-hydrogen) atoms. The zero-order valence-electron chi connectivity index (χ0n) is 23.8. The molecule has 10 atom stereocenters. The number of carbonyl (C=O) groups is 2. The SMILES string of the molecule is CC(=O)O[C@@H]1C[C@]2(C)[C@H](C[C@H](O)[C@@H]3[C@]4(C)CC[C@H](O)[C@H](C)[C@H]4CC[C@]32C)/C1=C(/CCC=C(C)C)C(=O)O. The highest BCUT2D eigenvalue weighted by Gasteiger charge is 2.70.